The van der Waals surface area contributed by atoms with E-state index in [1.807, 2.05) is 30.3 Å². The van der Waals surface area contributed by atoms with Gasteiger partial charge in [-0.15, -0.1) is 6.58 Å². The van der Waals surface area contributed by atoms with E-state index in [4.69, 9.17) is 4.18 Å². The minimum atomic E-state index is -3.50. The molecule has 0 radical (unpaired) electrons. The fourth-order valence-corrected chi connectivity index (χ4v) is 1.91. The second-order valence-corrected chi connectivity index (χ2v) is 5.46. The monoisotopic (exact) mass is 240 g/mol. The van der Waals surface area contributed by atoms with E-state index >= 15 is 0 Å². The third-order valence-corrected chi connectivity index (χ3v) is 3.87. The topological polar surface area (TPSA) is 43.4 Å². The minimum absolute atomic E-state index is 0.171. The average Bonchev–Trinajstić information content (AvgIpc) is 2.29. The number of rotatable bonds is 6. The van der Waals surface area contributed by atoms with Gasteiger partial charge < -0.3 is 0 Å². The Balaban J connectivity index is 2.45. The van der Waals surface area contributed by atoms with Crippen molar-refractivity contribution in [2.45, 2.75) is 18.6 Å². The lowest BCUT2D eigenvalue weighted by atomic mass is 10.2. The lowest BCUT2D eigenvalue weighted by Gasteiger charge is -2.08. The largest absolute Gasteiger partial charge is 0.273 e. The van der Waals surface area contributed by atoms with Crippen molar-refractivity contribution in [1.82, 2.24) is 0 Å². The van der Waals surface area contributed by atoms with Crippen molar-refractivity contribution < 1.29 is 12.6 Å². The average molecular weight is 240 g/mol. The summed E-state index contributed by atoms with van der Waals surface area (Å²) in [5, 5.41) is -0.664. The first-order valence-corrected chi connectivity index (χ1v) is 6.58. The first-order chi connectivity index (χ1) is 7.56. The van der Waals surface area contributed by atoms with Crippen LogP contribution in [-0.2, 0) is 20.7 Å². The highest BCUT2D eigenvalue weighted by atomic mass is 32.2. The lowest BCUT2D eigenvalue weighted by Crippen LogP contribution is -2.19. The molecule has 16 heavy (non-hydrogen) atoms. The molecule has 0 fully saturated rings. The van der Waals surface area contributed by atoms with Crippen molar-refractivity contribution in [2.75, 3.05) is 6.61 Å². The Hall–Kier alpha value is -1.13. The molecular formula is C12H16O3S. The molecule has 1 aromatic carbocycles. The van der Waals surface area contributed by atoms with Crippen molar-refractivity contribution in [3.63, 3.8) is 0 Å². The molecule has 0 aliphatic carbocycles. The molecule has 0 heterocycles. The molecule has 88 valence electrons. The van der Waals surface area contributed by atoms with Crippen LogP contribution in [0, 0.1) is 0 Å². The van der Waals surface area contributed by atoms with Gasteiger partial charge in [-0.2, -0.15) is 8.42 Å². The maximum absolute atomic E-state index is 11.5. The van der Waals surface area contributed by atoms with Crippen molar-refractivity contribution in [3.8, 4) is 0 Å². The van der Waals surface area contributed by atoms with Gasteiger partial charge in [-0.1, -0.05) is 36.4 Å². The van der Waals surface area contributed by atoms with Crippen molar-refractivity contribution in [2.24, 2.45) is 0 Å². The fraction of sp³-hybridized carbons (Fsp3) is 0.333. The van der Waals surface area contributed by atoms with Gasteiger partial charge in [-0.05, 0) is 18.9 Å². The molecule has 0 saturated heterocycles. The van der Waals surface area contributed by atoms with Gasteiger partial charge in [0.2, 0.25) is 0 Å². The smallest absolute Gasteiger partial charge is 0.269 e. The van der Waals surface area contributed by atoms with Gasteiger partial charge in [-0.25, -0.2) is 0 Å². The molecule has 1 unspecified atom stereocenters. The molecule has 3 nitrogen and oxygen atoms in total. The van der Waals surface area contributed by atoms with Crippen LogP contribution in [0.25, 0.3) is 0 Å². The van der Waals surface area contributed by atoms with E-state index in [0.717, 1.165) is 5.56 Å². The predicted molar refractivity (Wildman–Crippen MR) is 64.7 cm³/mol. The summed E-state index contributed by atoms with van der Waals surface area (Å²) in [5.41, 5.74) is 1.06. The van der Waals surface area contributed by atoms with Crippen molar-refractivity contribution in [1.29, 1.82) is 0 Å². The van der Waals surface area contributed by atoms with E-state index in [9.17, 15) is 8.42 Å². The fourth-order valence-electron chi connectivity index (χ4n) is 1.15. The van der Waals surface area contributed by atoms with Gasteiger partial charge in [0.05, 0.1) is 6.61 Å². The second-order valence-electron chi connectivity index (χ2n) is 3.49. The van der Waals surface area contributed by atoms with Crippen LogP contribution in [0.4, 0.5) is 0 Å². The predicted octanol–water partition coefficient (Wildman–Crippen LogP) is 2.15. The van der Waals surface area contributed by atoms with Gasteiger partial charge >= 0.3 is 0 Å². The number of hydrogen-bond acceptors (Lipinski definition) is 3. The molecule has 4 heteroatoms. The van der Waals surface area contributed by atoms with E-state index in [1.54, 1.807) is 6.92 Å². The summed E-state index contributed by atoms with van der Waals surface area (Å²) in [5.74, 6) is 0. The van der Waals surface area contributed by atoms with E-state index in [2.05, 4.69) is 6.58 Å². The van der Waals surface area contributed by atoms with Crippen LogP contribution in [0.1, 0.15) is 12.5 Å². The third-order valence-electron chi connectivity index (χ3n) is 2.27. The van der Waals surface area contributed by atoms with E-state index in [1.165, 1.54) is 6.08 Å². The van der Waals surface area contributed by atoms with Crippen molar-refractivity contribution >= 4 is 10.1 Å². The van der Waals surface area contributed by atoms with E-state index < -0.39 is 15.4 Å². The molecule has 0 aliphatic heterocycles. The highest BCUT2D eigenvalue weighted by molar-refractivity contribution is 7.87. The van der Waals surface area contributed by atoms with Crippen LogP contribution in [0.15, 0.2) is 43.0 Å². The highest BCUT2D eigenvalue weighted by Crippen LogP contribution is 2.06. The van der Waals surface area contributed by atoms with Crippen LogP contribution >= 0.6 is 0 Å². The normalized spacial score (nSPS) is 13.3. The molecule has 1 rings (SSSR count). The van der Waals surface area contributed by atoms with Gasteiger partial charge in [0, 0.05) is 0 Å². The van der Waals surface area contributed by atoms with Crippen molar-refractivity contribution in [3.05, 3.63) is 48.6 Å². The zero-order chi connectivity index (χ0) is 12.0. The first-order valence-electron chi connectivity index (χ1n) is 5.11. The molecule has 0 spiro atoms. The first kappa shape index (κ1) is 12.9. The highest BCUT2D eigenvalue weighted by Gasteiger charge is 2.17. The Labute approximate surface area is 96.9 Å². The van der Waals surface area contributed by atoms with Gasteiger partial charge in [0.15, 0.2) is 0 Å². The van der Waals surface area contributed by atoms with Crippen LogP contribution in [0.2, 0.25) is 0 Å². The summed E-state index contributed by atoms with van der Waals surface area (Å²) >= 11 is 0. The molecular weight excluding hydrogens is 224 g/mol. The zero-order valence-corrected chi connectivity index (χ0v) is 10.1. The molecule has 0 amide bonds. The number of hydrogen-bond donors (Lipinski definition) is 0. The molecule has 1 atom stereocenters. The summed E-state index contributed by atoms with van der Waals surface area (Å²) in [6, 6.07) is 9.62. The van der Waals surface area contributed by atoms with Crippen LogP contribution < -0.4 is 0 Å². The van der Waals surface area contributed by atoms with Crippen LogP contribution in [0.3, 0.4) is 0 Å². The zero-order valence-electron chi connectivity index (χ0n) is 9.30. The Morgan fingerprint density at radius 2 is 2.00 bits per heavy atom. The standard InChI is InChI=1S/C12H16O3S/c1-3-11(2)16(13,14)15-10-9-12-7-5-4-6-8-12/h3-8,11H,1,9-10H2,2H3. The third kappa shape index (κ3) is 3.79. The molecule has 0 N–H and O–H groups in total. The van der Waals surface area contributed by atoms with Crippen LogP contribution in [-0.4, -0.2) is 20.3 Å². The van der Waals surface area contributed by atoms with Gasteiger partial charge in [0.25, 0.3) is 10.1 Å². The Morgan fingerprint density at radius 1 is 1.38 bits per heavy atom. The minimum Gasteiger partial charge on any atom is -0.269 e. The SMILES string of the molecule is C=CC(C)S(=O)(=O)OCCc1ccccc1. The molecule has 0 bridgehead atoms. The van der Waals surface area contributed by atoms with Gasteiger partial charge in [0.1, 0.15) is 5.25 Å². The molecule has 0 aliphatic rings. The molecule has 0 saturated carbocycles. The summed E-state index contributed by atoms with van der Waals surface area (Å²) in [6.45, 7) is 5.15. The summed E-state index contributed by atoms with van der Waals surface area (Å²) < 4.78 is 27.8. The van der Waals surface area contributed by atoms with Crippen LogP contribution in [0.5, 0.6) is 0 Å². The van der Waals surface area contributed by atoms with E-state index in [0.29, 0.717) is 6.42 Å². The maximum atomic E-state index is 11.5. The second kappa shape index (κ2) is 5.82. The summed E-state index contributed by atoms with van der Waals surface area (Å²) in [4.78, 5) is 0. The summed E-state index contributed by atoms with van der Waals surface area (Å²) in [6.07, 6.45) is 1.95. The maximum Gasteiger partial charge on any atom is 0.273 e. The Kier molecular flexibility index (Phi) is 4.71. The van der Waals surface area contributed by atoms with E-state index in [-0.39, 0.29) is 6.61 Å². The lowest BCUT2D eigenvalue weighted by molar-refractivity contribution is 0.319. The molecule has 0 aromatic heterocycles. The molecule has 1 aromatic rings. The quantitative estimate of drug-likeness (QED) is 0.565. The Bertz CT molecular complexity index is 423. The number of benzene rings is 1. The Morgan fingerprint density at radius 3 is 2.56 bits per heavy atom. The summed E-state index contributed by atoms with van der Waals surface area (Å²) in [7, 11) is -3.50. The van der Waals surface area contributed by atoms with Gasteiger partial charge in [-0.3, -0.25) is 4.18 Å².